The molecule has 0 atom stereocenters. The summed E-state index contributed by atoms with van der Waals surface area (Å²) in [5.41, 5.74) is 0.805. The highest BCUT2D eigenvalue weighted by Crippen LogP contribution is 2.25. The smallest absolute Gasteiger partial charge is 0.408 e. The first-order chi connectivity index (χ1) is 10.1. The van der Waals surface area contributed by atoms with E-state index in [0.29, 0.717) is 29.6 Å². The number of hydrogen-bond acceptors (Lipinski definition) is 5. The van der Waals surface area contributed by atoms with Crippen molar-refractivity contribution in [2.24, 2.45) is 0 Å². The van der Waals surface area contributed by atoms with Crippen LogP contribution in [-0.4, -0.2) is 36.7 Å². The first-order valence-corrected chi connectivity index (χ1v) is 6.83. The monoisotopic (exact) mass is 327 g/mol. The lowest BCUT2D eigenvalue weighted by Gasteiger charge is -2.34. The molecule has 1 aromatic heterocycles. The second-order valence-corrected chi connectivity index (χ2v) is 5.13. The van der Waals surface area contributed by atoms with Crippen molar-refractivity contribution in [2.45, 2.75) is 18.4 Å². The third-order valence-corrected chi connectivity index (χ3v) is 3.89. The highest BCUT2D eigenvalue weighted by molar-refractivity contribution is 5.98. The van der Waals surface area contributed by atoms with Crippen molar-refractivity contribution in [1.29, 1.82) is 0 Å². The summed E-state index contributed by atoms with van der Waals surface area (Å²) >= 11 is 0. The number of methoxy groups -OCH3 is 1. The highest BCUT2D eigenvalue weighted by Gasteiger charge is 2.39. The lowest BCUT2D eigenvalue weighted by molar-refractivity contribution is -0.140. The number of anilines is 1. The van der Waals surface area contributed by atoms with Crippen molar-refractivity contribution < 1.29 is 13.9 Å². The predicted octanol–water partition coefficient (Wildman–Crippen LogP) is 1.25. The van der Waals surface area contributed by atoms with Gasteiger partial charge >= 0.3 is 5.76 Å². The Hall–Kier alpha value is -1.83. The summed E-state index contributed by atoms with van der Waals surface area (Å²) in [7, 11) is 1.56. The quantitative estimate of drug-likeness (QED) is 0.788. The number of halogens is 1. The fourth-order valence-electron chi connectivity index (χ4n) is 2.63. The van der Waals surface area contributed by atoms with E-state index in [-0.39, 0.29) is 18.3 Å². The Balaban J connectivity index is 0.00000176. The van der Waals surface area contributed by atoms with Crippen LogP contribution in [0.5, 0.6) is 0 Å². The molecule has 2 aromatic rings. The van der Waals surface area contributed by atoms with Crippen molar-refractivity contribution in [3.63, 3.8) is 0 Å². The number of amides is 1. The Labute approximate surface area is 132 Å². The van der Waals surface area contributed by atoms with Crippen molar-refractivity contribution in [1.82, 2.24) is 10.3 Å². The molecule has 0 bridgehead atoms. The fourth-order valence-corrected chi connectivity index (χ4v) is 2.63. The topological polar surface area (TPSA) is 96.4 Å². The van der Waals surface area contributed by atoms with Crippen LogP contribution in [0.15, 0.2) is 27.4 Å². The van der Waals surface area contributed by atoms with E-state index in [1.54, 1.807) is 25.3 Å². The zero-order valence-electron chi connectivity index (χ0n) is 12.1. The molecule has 0 radical (unpaired) electrons. The van der Waals surface area contributed by atoms with Crippen molar-refractivity contribution in [2.75, 3.05) is 25.5 Å². The summed E-state index contributed by atoms with van der Waals surface area (Å²) in [4.78, 5) is 26.2. The normalized spacial score (nSPS) is 17.0. The standard InChI is InChI=1S/C14H17N3O4.ClH/c1-20-14(4-6-15-7-5-14)12(18)16-9-2-3-11-10(8-9)17-13(19)21-11;/h2-3,8,15H,4-7H2,1H3,(H,16,18)(H,17,19);1H. The SMILES string of the molecule is COC1(C(=O)Nc2ccc3oc(=O)[nH]c3c2)CCNCC1.Cl. The van der Waals surface area contributed by atoms with Crippen LogP contribution in [0.2, 0.25) is 0 Å². The molecular formula is C14H18ClN3O4. The molecule has 3 N–H and O–H groups in total. The molecule has 1 amide bonds. The van der Waals surface area contributed by atoms with E-state index >= 15 is 0 Å². The van der Waals surface area contributed by atoms with Crippen LogP contribution >= 0.6 is 12.4 Å². The molecule has 120 valence electrons. The Morgan fingerprint density at radius 1 is 1.36 bits per heavy atom. The molecule has 1 aromatic carbocycles. The van der Waals surface area contributed by atoms with Gasteiger partial charge in [-0.2, -0.15) is 0 Å². The molecule has 0 saturated carbocycles. The Bertz CT molecular complexity index is 718. The molecule has 1 fully saturated rings. The number of fused-ring (bicyclic) bond motifs is 1. The van der Waals surface area contributed by atoms with Crippen LogP contribution in [0.1, 0.15) is 12.8 Å². The van der Waals surface area contributed by atoms with Crippen LogP contribution in [0.25, 0.3) is 11.1 Å². The first-order valence-electron chi connectivity index (χ1n) is 6.83. The lowest BCUT2D eigenvalue weighted by atomic mass is 9.91. The van der Waals surface area contributed by atoms with Gasteiger partial charge in [0.25, 0.3) is 5.91 Å². The summed E-state index contributed by atoms with van der Waals surface area (Å²) in [5, 5.41) is 6.06. The van der Waals surface area contributed by atoms with Gasteiger partial charge in [-0.15, -0.1) is 12.4 Å². The van der Waals surface area contributed by atoms with Gasteiger partial charge in [0.05, 0.1) is 5.52 Å². The molecule has 0 aliphatic carbocycles. The van der Waals surface area contributed by atoms with Crippen molar-refractivity contribution in [3.05, 3.63) is 28.7 Å². The van der Waals surface area contributed by atoms with E-state index in [2.05, 4.69) is 15.6 Å². The van der Waals surface area contributed by atoms with Gasteiger partial charge in [-0.05, 0) is 44.1 Å². The highest BCUT2D eigenvalue weighted by atomic mass is 35.5. The molecule has 1 aliphatic heterocycles. The number of carbonyl (C=O) groups excluding carboxylic acids is 1. The zero-order chi connectivity index (χ0) is 14.9. The second kappa shape index (κ2) is 6.51. The van der Waals surface area contributed by atoms with Crippen LogP contribution < -0.4 is 16.4 Å². The average molecular weight is 328 g/mol. The van der Waals surface area contributed by atoms with Gasteiger partial charge in [0.1, 0.15) is 5.60 Å². The van der Waals surface area contributed by atoms with E-state index in [1.165, 1.54) is 0 Å². The number of ether oxygens (including phenoxy) is 1. The maximum Gasteiger partial charge on any atom is 0.417 e. The molecule has 0 spiro atoms. The van der Waals surface area contributed by atoms with Gasteiger partial charge in [-0.25, -0.2) is 4.79 Å². The summed E-state index contributed by atoms with van der Waals surface area (Å²) in [5.74, 6) is -0.683. The van der Waals surface area contributed by atoms with E-state index < -0.39 is 11.4 Å². The Morgan fingerprint density at radius 2 is 2.09 bits per heavy atom. The molecule has 3 rings (SSSR count). The number of benzene rings is 1. The first kappa shape index (κ1) is 16.5. The number of nitrogens with one attached hydrogen (secondary N) is 3. The predicted molar refractivity (Wildman–Crippen MR) is 84.6 cm³/mol. The molecule has 7 nitrogen and oxygen atoms in total. The summed E-state index contributed by atoms with van der Waals surface area (Å²) in [6, 6.07) is 5.01. The molecule has 0 unspecified atom stereocenters. The molecular weight excluding hydrogens is 310 g/mol. The maximum atomic E-state index is 12.5. The Kier molecular flexibility index (Phi) is 4.90. The Morgan fingerprint density at radius 3 is 2.77 bits per heavy atom. The van der Waals surface area contributed by atoms with Gasteiger partial charge in [0.15, 0.2) is 5.58 Å². The van der Waals surface area contributed by atoms with Crippen LogP contribution in [0.3, 0.4) is 0 Å². The van der Waals surface area contributed by atoms with E-state index in [1.807, 2.05) is 0 Å². The number of aromatic nitrogens is 1. The molecule has 1 saturated heterocycles. The van der Waals surface area contributed by atoms with Gasteiger partial charge in [0.2, 0.25) is 0 Å². The van der Waals surface area contributed by atoms with Gasteiger partial charge in [0, 0.05) is 12.8 Å². The molecule has 22 heavy (non-hydrogen) atoms. The number of carbonyl (C=O) groups is 1. The summed E-state index contributed by atoms with van der Waals surface area (Å²) in [6.07, 6.45) is 1.25. The van der Waals surface area contributed by atoms with Gasteiger partial charge < -0.3 is 19.8 Å². The zero-order valence-corrected chi connectivity index (χ0v) is 12.9. The van der Waals surface area contributed by atoms with E-state index in [4.69, 9.17) is 9.15 Å². The number of piperidine rings is 1. The van der Waals surface area contributed by atoms with Gasteiger partial charge in [-0.3, -0.25) is 9.78 Å². The minimum Gasteiger partial charge on any atom is -0.408 e. The van der Waals surface area contributed by atoms with E-state index in [9.17, 15) is 9.59 Å². The van der Waals surface area contributed by atoms with Gasteiger partial charge in [-0.1, -0.05) is 0 Å². The molecule has 2 heterocycles. The molecule has 8 heteroatoms. The van der Waals surface area contributed by atoms with Crippen LogP contribution in [-0.2, 0) is 9.53 Å². The number of oxazole rings is 1. The number of hydrogen-bond donors (Lipinski definition) is 3. The van der Waals surface area contributed by atoms with E-state index in [0.717, 1.165) is 13.1 Å². The lowest BCUT2D eigenvalue weighted by Crippen LogP contribution is -2.51. The number of H-pyrrole nitrogens is 1. The second-order valence-electron chi connectivity index (χ2n) is 5.13. The summed E-state index contributed by atoms with van der Waals surface area (Å²) < 4.78 is 10.4. The van der Waals surface area contributed by atoms with Crippen LogP contribution in [0, 0.1) is 0 Å². The molecule has 1 aliphatic rings. The average Bonchev–Trinajstić information content (AvgIpc) is 2.87. The third kappa shape index (κ3) is 3.01. The van der Waals surface area contributed by atoms with Crippen molar-refractivity contribution >= 4 is 35.1 Å². The van der Waals surface area contributed by atoms with Crippen molar-refractivity contribution in [3.8, 4) is 0 Å². The third-order valence-electron chi connectivity index (χ3n) is 3.89. The number of rotatable bonds is 3. The minimum atomic E-state index is -0.802. The maximum absolute atomic E-state index is 12.5. The summed E-state index contributed by atoms with van der Waals surface area (Å²) in [6.45, 7) is 1.49. The number of aromatic amines is 1. The van der Waals surface area contributed by atoms with Crippen LogP contribution in [0.4, 0.5) is 5.69 Å². The largest absolute Gasteiger partial charge is 0.417 e. The fraction of sp³-hybridized carbons (Fsp3) is 0.429. The minimum absolute atomic E-state index is 0.